The molecule has 2 aromatic carbocycles. The first kappa shape index (κ1) is 19.2. The molecule has 0 radical (unpaired) electrons. The predicted molar refractivity (Wildman–Crippen MR) is 106 cm³/mol. The molecule has 1 saturated heterocycles. The normalized spacial score (nSPS) is 15.2. The Bertz CT molecular complexity index is 933. The number of benzene rings is 2. The van der Waals surface area contributed by atoms with Gasteiger partial charge in [0.15, 0.2) is 0 Å². The highest BCUT2D eigenvalue weighted by Gasteiger charge is 2.21. The number of nitrogens with one attached hydrogen (secondary N) is 1. The van der Waals surface area contributed by atoms with Gasteiger partial charge < -0.3 is 10.0 Å². The van der Waals surface area contributed by atoms with Crippen LogP contribution in [0.15, 0.2) is 47.4 Å². The molecule has 0 aliphatic carbocycles. The first-order valence-corrected chi connectivity index (χ1v) is 10.6. The number of sulfonamides is 1. The zero-order valence-electron chi connectivity index (χ0n) is 15.3. The Morgan fingerprint density at radius 3 is 2.33 bits per heavy atom. The van der Waals surface area contributed by atoms with Gasteiger partial charge in [-0.25, -0.2) is 13.2 Å². The summed E-state index contributed by atoms with van der Waals surface area (Å²) in [4.78, 5) is 14.1. The minimum absolute atomic E-state index is 0.0473. The van der Waals surface area contributed by atoms with E-state index in [1.165, 1.54) is 18.9 Å². The summed E-state index contributed by atoms with van der Waals surface area (Å²) in [6, 6.07) is 11.5. The van der Waals surface area contributed by atoms with Crippen molar-refractivity contribution in [3.05, 3.63) is 53.6 Å². The minimum atomic E-state index is -3.87. The maximum absolute atomic E-state index is 12.7. The fraction of sp³-hybridized carbons (Fsp3) is 0.350. The largest absolute Gasteiger partial charge is 0.478 e. The number of nitrogens with zero attached hydrogens (tertiary/aromatic N) is 1. The van der Waals surface area contributed by atoms with E-state index in [-0.39, 0.29) is 16.1 Å². The van der Waals surface area contributed by atoms with Gasteiger partial charge in [-0.15, -0.1) is 0 Å². The predicted octanol–water partition coefficient (Wildman–Crippen LogP) is 3.87. The third kappa shape index (κ3) is 4.42. The van der Waals surface area contributed by atoms with E-state index in [9.17, 15) is 18.3 Å². The standard InChI is InChI=1S/C20H24N2O4S/c1-15-8-4-5-9-19(15)27(25,26)21-18-11-10-16(14-17(18)20(23)24)22-12-6-2-3-7-13-22/h4-5,8-11,14,21H,2-3,6-7,12-13H2,1H3,(H,23,24). The first-order chi connectivity index (χ1) is 12.9. The summed E-state index contributed by atoms with van der Waals surface area (Å²) in [7, 11) is -3.87. The molecule has 7 heteroatoms. The van der Waals surface area contributed by atoms with Crippen molar-refractivity contribution in [3.8, 4) is 0 Å². The zero-order valence-corrected chi connectivity index (χ0v) is 16.1. The molecule has 0 saturated carbocycles. The fourth-order valence-electron chi connectivity index (χ4n) is 3.38. The summed E-state index contributed by atoms with van der Waals surface area (Å²) in [5.74, 6) is -1.16. The molecule has 0 amide bonds. The summed E-state index contributed by atoms with van der Waals surface area (Å²) in [5, 5.41) is 9.61. The van der Waals surface area contributed by atoms with Crippen molar-refractivity contribution in [2.45, 2.75) is 37.5 Å². The number of aromatic carboxylic acids is 1. The molecular formula is C20H24N2O4S. The van der Waals surface area contributed by atoms with E-state index in [1.54, 1.807) is 43.3 Å². The second kappa shape index (κ2) is 8.00. The lowest BCUT2D eigenvalue weighted by molar-refractivity contribution is 0.0698. The van der Waals surface area contributed by atoms with E-state index in [4.69, 9.17) is 0 Å². The van der Waals surface area contributed by atoms with Crippen LogP contribution in [0.25, 0.3) is 0 Å². The van der Waals surface area contributed by atoms with Gasteiger partial charge in [0, 0.05) is 18.8 Å². The van der Waals surface area contributed by atoms with E-state index in [2.05, 4.69) is 9.62 Å². The van der Waals surface area contributed by atoms with Crippen LogP contribution in [0.2, 0.25) is 0 Å². The maximum Gasteiger partial charge on any atom is 0.337 e. The smallest absolute Gasteiger partial charge is 0.337 e. The zero-order chi connectivity index (χ0) is 19.4. The molecule has 2 aromatic rings. The highest BCUT2D eigenvalue weighted by atomic mass is 32.2. The number of anilines is 2. The number of aryl methyl sites for hydroxylation is 1. The van der Waals surface area contributed by atoms with Gasteiger partial charge in [0.05, 0.1) is 16.1 Å². The average Bonchev–Trinajstić information content (AvgIpc) is 2.91. The van der Waals surface area contributed by atoms with Crippen LogP contribution in [0, 0.1) is 6.92 Å². The summed E-state index contributed by atoms with van der Waals surface area (Å²) in [6.07, 6.45) is 4.50. The van der Waals surface area contributed by atoms with E-state index in [0.29, 0.717) is 5.56 Å². The van der Waals surface area contributed by atoms with E-state index < -0.39 is 16.0 Å². The van der Waals surface area contributed by atoms with Crippen LogP contribution >= 0.6 is 0 Å². The molecule has 1 heterocycles. The Morgan fingerprint density at radius 1 is 1.04 bits per heavy atom. The number of rotatable bonds is 5. The number of carboxylic acid groups (broad SMARTS) is 1. The van der Waals surface area contributed by atoms with Crippen molar-refractivity contribution < 1.29 is 18.3 Å². The van der Waals surface area contributed by atoms with E-state index >= 15 is 0 Å². The molecule has 144 valence electrons. The molecule has 1 aliphatic rings. The lowest BCUT2D eigenvalue weighted by Crippen LogP contribution is -2.24. The van der Waals surface area contributed by atoms with Crippen molar-refractivity contribution in [1.29, 1.82) is 0 Å². The molecule has 2 N–H and O–H groups in total. The van der Waals surface area contributed by atoms with Gasteiger partial charge in [0.1, 0.15) is 0 Å². The van der Waals surface area contributed by atoms with Gasteiger partial charge in [0.25, 0.3) is 10.0 Å². The molecule has 0 bridgehead atoms. The van der Waals surface area contributed by atoms with Crippen molar-refractivity contribution in [2.24, 2.45) is 0 Å². The van der Waals surface area contributed by atoms with Crippen molar-refractivity contribution in [2.75, 3.05) is 22.7 Å². The SMILES string of the molecule is Cc1ccccc1S(=O)(=O)Nc1ccc(N2CCCCCC2)cc1C(=O)O. The van der Waals surface area contributed by atoms with Crippen LogP contribution in [0.5, 0.6) is 0 Å². The Labute approximate surface area is 159 Å². The number of carboxylic acids is 1. The van der Waals surface area contributed by atoms with E-state index in [0.717, 1.165) is 31.6 Å². The van der Waals surface area contributed by atoms with Gasteiger partial charge in [-0.3, -0.25) is 4.72 Å². The van der Waals surface area contributed by atoms with Crippen LogP contribution in [-0.2, 0) is 10.0 Å². The lowest BCUT2D eigenvalue weighted by Gasteiger charge is -2.23. The molecule has 6 nitrogen and oxygen atoms in total. The number of hydrogen-bond acceptors (Lipinski definition) is 4. The van der Waals surface area contributed by atoms with E-state index in [1.807, 2.05) is 0 Å². The summed E-state index contributed by atoms with van der Waals surface area (Å²) < 4.78 is 27.9. The van der Waals surface area contributed by atoms with Crippen molar-refractivity contribution in [3.63, 3.8) is 0 Å². The maximum atomic E-state index is 12.7. The van der Waals surface area contributed by atoms with Gasteiger partial charge in [-0.05, 0) is 49.6 Å². The molecular weight excluding hydrogens is 364 g/mol. The fourth-order valence-corrected chi connectivity index (χ4v) is 4.71. The van der Waals surface area contributed by atoms with Gasteiger partial charge in [-0.1, -0.05) is 31.0 Å². The topological polar surface area (TPSA) is 86.7 Å². The van der Waals surface area contributed by atoms with Crippen LogP contribution in [0.3, 0.4) is 0 Å². The Kier molecular flexibility index (Phi) is 5.70. The van der Waals surface area contributed by atoms with Crippen molar-refractivity contribution >= 4 is 27.4 Å². The van der Waals surface area contributed by atoms with Crippen LogP contribution in [0.1, 0.15) is 41.6 Å². The second-order valence-electron chi connectivity index (χ2n) is 6.81. The average molecular weight is 388 g/mol. The summed E-state index contributed by atoms with van der Waals surface area (Å²) >= 11 is 0. The molecule has 3 rings (SSSR count). The monoisotopic (exact) mass is 388 g/mol. The third-order valence-corrected chi connectivity index (χ3v) is 6.36. The van der Waals surface area contributed by atoms with Crippen LogP contribution < -0.4 is 9.62 Å². The van der Waals surface area contributed by atoms with Gasteiger partial charge in [-0.2, -0.15) is 0 Å². The Hall–Kier alpha value is -2.54. The molecule has 0 aromatic heterocycles. The third-order valence-electron chi connectivity index (χ3n) is 4.83. The van der Waals surface area contributed by atoms with Gasteiger partial charge >= 0.3 is 5.97 Å². The summed E-state index contributed by atoms with van der Waals surface area (Å²) in [5.41, 5.74) is 1.44. The Balaban J connectivity index is 1.93. The van der Waals surface area contributed by atoms with Crippen molar-refractivity contribution in [1.82, 2.24) is 0 Å². The minimum Gasteiger partial charge on any atom is -0.478 e. The molecule has 0 spiro atoms. The molecule has 1 fully saturated rings. The number of hydrogen-bond donors (Lipinski definition) is 2. The van der Waals surface area contributed by atoms with Crippen LogP contribution in [-0.4, -0.2) is 32.6 Å². The van der Waals surface area contributed by atoms with Crippen LogP contribution in [0.4, 0.5) is 11.4 Å². The molecule has 27 heavy (non-hydrogen) atoms. The quantitative estimate of drug-likeness (QED) is 0.812. The molecule has 0 atom stereocenters. The highest BCUT2D eigenvalue weighted by Crippen LogP contribution is 2.28. The molecule has 0 unspecified atom stereocenters. The second-order valence-corrected chi connectivity index (χ2v) is 8.46. The lowest BCUT2D eigenvalue weighted by atomic mass is 10.1. The first-order valence-electron chi connectivity index (χ1n) is 9.09. The Morgan fingerprint density at radius 2 is 1.70 bits per heavy atom. The summed E-state index contributed by atoms with van der Waals surface area (Å²) in [6.45, 7) is 3.47. The highest BCUT2D eigenvalue weighted by molar-refractivity contribution is 7.92. The molecule has 1 aliphatic heterocycles. The van der Waals surface area contributed by atoms with Gasteiger partial charge in [0.2, 0.25) is 0 Å². The number of carbonyl (C=O) groups is 1.